The summed E-state index contributed by atoms with van der Waals surface area (Å²) < 4.78 is 0. The number of carbonyl (C=O) groups is 1. The monoisotopic (exact) mass is 311 g/mol. The molecule has 6 nitrogen and oxygen atoms in total. The molecule has 1 fully saturated rings. The maximum Gasteiger partial charge on any atom is 0.315 e. The number of rotatable bonds is 5. The first-order valence-corrected chi connectivity index (χ1v) is 7.92. The zero-order chi connectivity index (χ0) is 15.9. The predicted octanol–water partition coefficient (Wildman–Crippen LogP) is 2.08. The molecular formula is C17H21N5O. The molecule has 0 spiro atoms. The lowest BCUT2D eigenvalue weighted by molar-refractivity contribution is 0.240. The molecule has 0 radical (unpaired) electrons. The number of hydrogen-bond donors (Lipinski definition) is 2. The van der Waals surface area contributed by atoms with Crippen LogP contribution >= 0.6 is 0 Å². The highest BCUT2D eigenvalue weighted by molar-refractivity contribution is 5.73. The second-order valence-corrected chi connectivity index (χ2v) is 5.61. The predicted molar refractivity (Wildman–Crippen MR) is 89.0 cm³/mol. The van der Waals surface area contributed by atoms with Gasteiger partial charge in [0.25, 0.3) is 0 Å². The molecule has 1 aliphatic rings. The van der Waals surface area contributed by atoms with Gasteiger partial charge in [0.05, 0.1) is 0 Å². The second kappa shape index (κ2) is 7.58. The third kappa shape index (κ3) is 4.42. The van der Waals surface area contributed by atoms with Crippen LogP contribution in [0, 0.1) is 0 Å². The molecule has 3 rings (SSSR count). The Bertz CT molecular complexity index is 623. The highest BCUT2D eigenvalue weighted by Gasteiger charge is 2.12. The number of aromatic nitrogens is 2. The number of nitrogens with one attached hydrogen (secondary N) is 2. The van der Waals surface area contributed by atoms with Gasteiger partial charge in [0.15, 0.2) is 0 Å². The SMILES string of the molecule is O=C(NCc1ccncc1)NCc1ccc(N2CCCC2)nc1. The van der Waals surface area contributed by atoms with Crippen LogP contribution in [0.4, 0.5) is 10.6 Å². The zero-order valence-electron chi connectivity index (χ0n) is 13.0. The van der Waals surface area contributed by atoms with Crippen LogP contribution in [0.15, 0.2) is 42.9 Å². The largest absolute Gasteiger partial charge is 0.357 e. The average molecular weight is 311 g/mol. The van der Waals surface area contributed by atoms with Gasteiger partial charge in [-0.1, -0.05) is 6.07 Å². The van der Waals surface area contributed by atoms with Crippen molar-refractivity contribution in [3.8, 4) is 0 Å². The van der Waals surface area contributed by atoms with E-state index in [1.54, 1.807) is 12.4 Å². The molecule has 1 aliphatic heterocycles. The molecule has 0 saturated carbocycles. The van der Waals surface area contributed by atoms with Crippen molar-refractivity contribution >= 4 is 11.8 Å². The molecule has 23 heavy (non-hydrogen) atoms. The van der Waals surface area contributed by atoms with E-state index in [4.69, 9.17) is 0 Å². The lowest BCUT2D eigenvalue weighted by atomic mass is 10.2. The third-order valence-electron chi connectivity index (χ3n) is 3.89. The standard InChI is InChI=1S/C17H21N5O/c23-17(20-11-14-5-7-18-8-6-14)21-13-15-3-4-16(19-12-15)22-9-1-2-10-22/h3-8,12H,1-2,9-11,13H2,(H2,20,21,23). The number of amides is 2. The van der Waals surface area contributed by atoms with Gasteiger partial charge in [-0.15, -0.1) is 0 Å². The number of anilines is 1. The molecule has 0 aromatic carbocycles. The fraction of sp³-hybridized carbons (Fsp3) is 0.353. The molecule has 0 atom stereocenters. The first-order chi connectivity index (χ1) is 11.3. The molecule has 2 aromatic rings. The fourth-order valence-corrected chi connectivity index (χ4v) is 2.58. The first kappa shape index (κ1) is 15.3. The van der Waals surface area contributed by atoms with Gasteiger partial charge in [-0.3, -0.25) is 4.98 Å². The Morgan fingerprint density at radius 1 is 1.00 bits per heavy atom. The van der Waals surface area contributed by atoms with E-state index in [9.17, 15) is 4.79 Å². The summed E-state index contributed by atoms with van der Waals surface area (Å²) >= 11 is 0. The minimum absolute atomic E-state index is 0.189. The van der Waals surface area contributed by atoms with Crippen molar-refractivity contribution in [2.24, 2.45) is 0 Å². The molecule has 2 amide bonds. The van der Waals surface area contributed by atoms with Crippen LogP contribution in [-0.4, -0.2) is 29.1 Å². The van der Waals surface area contributed by atoms with Gasteiger partial charge in [0.2, 0.25) is 0 Å². The van der Waals surface area contributed by atoms with Crippen LogP contribution in [0.1, 0.15) is 24.0 Å². The molecule has 6 heteroatoms. The number of nitrogens with zero attached hydrogens (tertiary/aromatic N) is 3. The van der Waals surface area contributed by atoms with E-state index < -0.39 is 0 Å². The summed E-state index contributed by atoms with van der Waals surface area (Å²) in [5.41, 5.74) is 2.01. The molecule has 2 aromatic heterocycles. The number of hydrogen-bond acceptors (Lipinski definition) is 4. The molecule has 2 N–H and O–H groups in total. The van der Waals surface area contributed by atoms with E-state index in [1.165, 1.54) is 12.8 Å². The normalized spacial score (nSPS) is 13.8. The smallest absolute Gasteiger partial charge is 0.315 e. The average Bonchev–Trinajstić information content (AvgIpc) is 3.14. The van der Waals surface area contributed by atoms with E-state index in [-0.39, 0.29) is 6.03 Å². The van der Waals surface area contributed by atoms with Crippen molar-refractivity contribution in [2.45, 2.75) is 25.9 Å². The zero-order valence-corrected chi connectivity index (χ0v) is 13.0. The van der Waals surface area contributed by atoms with Crippen molar-refractivity contribution in [3.05, 3.63) is 54.0 Å². The number of pyridine rings is 2. The van der Waals surface area contributed by atoms with Crippen molar-refractivity contribution in [2.75, 3.05) is 18.0 Å². The van der Waals surface area contributed by atoms with Crippen LogP contribution in [0.3, 0.4) is 0 Å². The Hall–Kier alpha value is -2.63. The van der Waals surface area contributed by atoms with E-state index in [1.807, 2.05) is 30.5 Å². The number of carbonyl (C=O) groups excluding carboxylic acids is 1. The molecule has 120 valence electrons. The van der Waals surface area contributed by atoms with Crippen molar-refractivity contribution < 1.29 is 4.79 Å². The summed E-state index contributed by atoms with van der Waals surface area (Å²) in [6.45, 7) is 3.12. The summed E-state index contributed by atoms with van der Waals surface area (Å²) in [6, 6.07) is 7.61. The Kier molecular flexibility index (Phi) is 5.03. The fourth-order valence-electron chi connectivity index (χ4n) is 2.58. The first-order valence-electron chi connectivity index (χ1n) is 7.92. The Morgan fingerprint density at radius 3 is 2.35 bits per heavy atom. The Balaban J connectivity index is 1.43. The summed E-state index contributed by atoms with van der Waals surface area (Å²) in [5, 5.41) is 5.66. The Morgan fingerprint density at radius 2 is 1.70 bits per heavy atom. The van der Waals surface area contributed by atoms with Gasteiger partial charge in [-0.25, -0.2) is 9.78 Å². The van der Waals surface area contributed by atoms with Crippen LogP contribution in [0.5, 0.6) is 0 Å². The van der Waals surface area contributed by atoms with E-state index >= 15 is 0 Å². The Labute approximate surface area is 135 Å². The van der Waals surface area contributed by atoms with E-state index in [2.05, 4.69) is 25.5 Å². The summed E-state index contributed by atoms with van der Waals surface area (Å²) in [7, 11) is 0. The lowest BCUT2D eigenvalue weighted by Gasteiger charge is -2.16. The second-order valence-electron chi connectivity index (χ2n) is 5.61. The van der Waals surface area contributed by atoms with Crippen molar-refractivity contribution in [3.63, 3.8) is 0 Å². The topological polar surface area (TPSA) is 70.2 Å². The van der Waals surface area contributed by atoms with Crippen LogP contribution in [-0.2, 0) is 13.1 Å². The van der Waals surface area contributed by atoms with Crippen LogP contribution in [0.2, 0.25) is 0 Å². The highest BCUT2D eigenvalue weighted by Crippen LogP contribution is 2.17. The van der Waals surface area contributed by atoms with Gasteiger partial charge < -0.3 is 15.5 Å². The van der Waals surface area contributed by atoms with Crippen LogP contribution < -0.4 is 15.5 Å². The third-order valence-corrected chi connectivity index (χ3v) is 3.89. The molecule has 0 unspecified atom stereocenters. The van der Waals surface area contributed by atoms with Gasteiger partial charge in [0.1, 0.15) is 5.82 Å². The quantitative estimate of drug-likeness (QED) is 0.887. The van der Waals surface area contributed by atoms with Crippen molar-refractivity contribution in [1.82, 2.24) is 20.6 Å². The molecular weight excluding hydrogens is 290 g/mol. The molecule has 0 bridgehead atoms. The number of urea groups is 1. The van der Waals surface area contributed by atoms with Gasteiger partial charge in [-0.05, 0) is 42.2 Å². The highest BCUT2D eigenvalue weighted by atomic mass is 16.2. The summed E-state index contributed by atoms with van der Waals surface area (Å²) in [4.78, 5) is 22.5. The van der Waals surface area contributed by atoms with Gasteiger partial charge in [-0.2, -0.15) is 0 Å². The van der Waals surface area contributed by atoms with Gasteiger partial charge >= 0.3 is 6.03 Å². The summed E-state index contributed by atoms with van der Waals surface area (Å²) in [6.07, 6.45) is 7.73. The molecule has 1 saturated heterocycles. The van der Waals surface area contributed by atoms with E-state index in [0.717, 1.165) is 30.0 Å². The maximum atomic E-state index is 11.8. The lowest BCUT2D eigenvalue weighted by Crippen LogP contribution is -2.34. The van der Waals surface area contributed by atoms with Crippen molar-refractivity contribution in [1.29, 1.82) is 0 Å². The van der Waals surface area contributed by atoms with Gasteiger partial charge in [0, 0.05) is 44.8 Å². The van der Waals surface area contributed by atoms with Crippen LogP contribution in [0.25, 0.3) is 0 Å². The minimum Gasteiger partial charge on any atom is -0.357 e. The van der Waals surface area contributed by atoms with E-state index in [0.29, 0.717) is 13.1 Å². The molecule has 3 heterocycles. The summed E-state index contributed by atoms with van der Waals surface area (Å²) in [5.74, 6) is 1.02. The molecule has 0 aliphatic carbocycles. The minimum atomic E-state index is -0.189. The maximum absolute atomic E-state index is 11.8.